The van der Waals surface area contributed by atoms with Gasteiger partial charge in [-0.3, -0.25) is 13.6 Å². The summed E-state index contributed by atoms with van der Waals surface area (Å²) in [7, 11) is -5.21. The van der Waals surface area contributed by atoms with Gasteiger partial charge in [0.25, 0.3) is 0 Å². The molecule has 0 radical (unpaired) electrons. The molecule has 0 rings (SSSR count). The number of alkyl halides is 2. The molecule has 0 heterocycles. The molecule has 160 valence electrons. The fraction of sp³-hybridized carbons (Fsp3) is 0.867. The fourth-order valence-electron chi connectivity index (χ4n) is 1.35. The zero-order chi connectivity index (χ0) is 21.1. The van der Waals surface area contributed by atoms with Gasteiger partial charge in [-0.15, -0.1) is 0 Å². The van der Waals surface area contributed by atoms with E-state index in [1.165, 1.54) is 0 Å². The Morgan fingerprint density at radius 2 is 1.19 bits per heavy atom. The van der Waals surface area contributed by atoms with Crippen LogP contribution in [0.2, 0.25) is 0 Å². The molecule has 0 aliphatic rings. The minimum atomic E-state index is -5.21. The Hall–Kier alpha value is -1.45. The van der Waals surface area contributed by atoms with Gasteiger partial charge in [0.15, 0.2) is 0 Å². The summed E-state index contributed by atoms with van der Waals surface area (Å²) in [6.45, 7) is 4.70. The van der Waals surface area contributed by atoms with Gasteiger partial charge in [0, 0.05) is 5.41 Å². The molecule has 0 spiro atoms. The van der Waals surface area contributed by atoms with Gasteiger partial charge in [0.1, 0.15) is 0 Å². The van der Waals surface area contributed by atoms with E-state index in [1.54, 1.807) is 13.8 Å². The van der Waals surface area contributed by atoms with Crippen LogP contribution in [0, 0.1) is 5.41 Å². The van der Waals surface area contributed by atoms with E-state index in [4.69, 9.17) is 0 Å². The quantitative estimate of drug-likeness (QED) is 0.262. The standard InChI is InChI=1S/C15H27F2O9P/c1-6-8-21-12(18)23-10-25-27(20,15(16,17)14(3,4)5)26-11-24-13(19)22-9-7-2/h6-11H2,1-5H3. The van der Waals surface area contributed by atoms with Crippen LogP contribution in [0.5, 0.6) is 0 Å². The number of ether oxygens (including phenoxy) is 4. The van der Waals surface area contributed by atoms with Gasteiger partial charge in [0.05, 0.1) is 13.2 Å². The maximum Gasteiger partial charge on any atom is 0.510 e. The number of carbonyl (C=O) groups excluding carboxylic acids is 2. The smallest absolute Gasteiger partial charge is 0.434 e. The third-order valence-electron chi connectivity index (χ3n) is 2.89. The van der Waals surface area contributed by atoms with Crippen LogP contribution in [0.4, 0.5) is 18.4 Å². The molecule has 12 heteroatoms. The first-order valence-corrected chi connectivity index (χ1v) is 9.81. The van der Waals surface area contributed by atoms with Crippen LogP contribution in [0.15, 0.2) is 0 Å². The van der Waals surface area contributed by atoms with Crippen molar-refractivity contribution in [2.24, 2.45) is 5.41 Å². The van der Waals surface area contributed by atoms with Crippen LogP contribution in [0.25, 0.3) is 0 Å². The number of hydrogen-bond acceptors (Lipinski definition) is 9. The molecule has 27 heavy (non-hydrogen) atoms. The number of carbonyl (C=O) groups is 2. The Morgan fingerprint density at radius 3 is 1.48 bits per heavy atom. The van der Waals surface area contributed by atoms with Crippen molar-refractivity contribution in [2.75, 3.05) is 26.8 Å². The van der Waals surface area contributed by atoms with E-state index in [-0.39, 0.29) is 13.2 Å². The van der Waals surface area contributed by atoms with Crippen molar-refractivity contribution in [3.05, 3.63) is 0 Å². The van der Waals surface area contributed by atoms with Crippen molar-refractivity contribution in [3.8, 4) is 0 Å². The van der Waals surface area contributed by atoms with Gasteiger partial charge >= 0.3 is 25.6 Å². The molecule has 0 atom stereocenters. The molecule has 0 aliphatic carbocycles. The van der Waals surface area contributed by atoms with Crippen LogP contribution < -0.4 is 0 Å². The molecule has 0 bridgehead atoms. The van der Waals surface area contributed by atoms with Crippen molar-refractivity contribution in [2.45, 2.75) is 53.1 Å². The van der Waals surface area contributed by atoms with Crippen LogP contribution in [0.3, 0.4) is 0 Å². The summed E-state index contributed by atoms with van der Waals surface area (Å²) >= 11 is 0. The lowest BCUT2D eigenvalue weighted by Crippen LogP contribution is -2.36. The predicted octanol–water partition coefficient (Wildman–Crippen LogP) is 4.89. The van der Waals surface area contributed by atoms with E-state index in [2.05, 4.69) is 28.0 Å². The maximum atomic E-state index is 14.6. The van der Waals surface area contributed by atoms with Crippen molar-refractivity contribution in [1.29, 1.82) is 0 Å². The first kappa shape index (κ1) is 25.6. The molecule has 0 unspecified atom stereocenters. The molecule has 0 aromatic carbocycles. The van der Waals surface area contributed by atoms with Gasteiger partial charge in [-0.1, -0.05) is 34.6 Å². The zero-order valence-electron chi connectivity index (χ0n) is 16.1. The van der Waals surface area contributed by atoms with E-state index in [0.29, 0.717) is 12.8 Å². The Bertz CT molecular complexity index is 490. The summed E-state index contributed by atoms with van der Waals surface area (Å²) < 4.78 is 68.9. The summed E-state index contributed by atoms with van der Waals surface area (Å²) in [4.78, 5) is 22.4. The Balaban J connectivity index is 4.94. The second-order valence-corrected chi connectivity index (χ2v) is 8.34. The van der Waals surface area contributed by atoms with Crippen LogP contribution in [-0.2, 0) is 32.6 Å². The van der Waals surface area contributed by atoms with Gasteiger partial charge in [-0.05, 0) is 12.8 Å². The van der Waals surface area contributed by atoms with Crippen molar-refractivity contribution in [3.63, 3.8) is 0 Å². The minimum absolute atomic E-state index is 0.0544. The normalized spacial score (nSPS) is 12.4. The van der Waals surface area contributed by atoms with Crippen molar-refractivity contribution < 1.29 is 50.9 Å². The summed E-state index contributed by atoms with van der Waals surface area (Å²) in [6, 6.07) is 0. The number of rotatable bonds is 11. The van der Waals surface area contributed by atoms with E-state index in [0.717, 1.165) is 20.8 Å². The summed E-state index contributed by atoms with van der Waals surface area (Å²) in [5, 5.41) is 0. The molecule has 0 saturated heterocycles. The predicted molar refractivity (Wildman–Crippen MR) is 89.4 cm³/mol. The van der Waals surface area contributed by atoms with Crippen LogP contribution in [-0.4, -0.2) is 44.8 Å². The lowest BCUT2D eigenvalue weighted by molar-refractivity contribution is -0.0791. The molecular formula is C15H27F2O9P. The Labute approximate surface area is 157 Å². The van der Waals surface area contributed by atoms with E-state index in [9.17, 15) is 22.9 Å². The first-order valence-electron chi connectivity index (χ1n) is 8.27. The van der Waals surface area contributed by atoms with Crippen molar-refractivity contribution >= 4 is 19.9 Å². The average Bonchev–Trinajstić information content (AvgIpc) is 2.56. The number of halogens is 2. The summed E-state index contributed by atoms with van der Waals surface area (Å²) in [5.74, 6) is 0. The third-order valence-corrected chi connectivity index (χ3v) is 5.14. The SMILES string of the molecule is CCCOC(=O)OCOP(=O)(OCOC(=O)OCCC)C(F)(F)C(C)(C)C. The van der Waals surface area contributed by atoms with Gasteiger partial charge in [-0.25, -0.2) is 9.59 Å². The fourth-order valence-corrected chi connectivity index (χ4v) is 2.96. The topological polar surface area (TPSA) is 107 Å². The molecule has 0 saturated carbocycles. The van der Waals surface area contributed by atoms with Gasteiger partial charge in [0.2, 0.25) is 13.6 Å². The molecule has 0 fully saturated rings. The van der Waals surface area contributed by atoms with Gasteiger partial charge in [-0.2, -0.15) is 8.78 Å². The van der Waals surface area contributed by atoms with Crippen LogP contribution in [0.1, 0.15) is 47.5 Å². The molecule has 0 amide bonds. The highest BCUT2D eigenvalue weighted by Crippen LogP contribution is 2.67. The van der Waals surface area contributed by atoms with Crippen LogP contribution >= 0.6 is 7.60 Å². The lowest BCUT2D eigenvalue weighted by Gasteiger charge is -2.34. The first-order chi connectivity index (χ1) is 12.4. The monoisotopic (exact) mass is 420 g/mol. The largest absolute Gasteiger partial charge is 0.510 e. The Morgan fingerprint density at radius 1 is 0.815 bits per heavy atom. The summed E-state index contributed by atoms with van der Waals surface area (Å²) in [5.41, 5.74) is -5.83. The number of hydrogen-bond donors (Lipinski definition) is 0. The highest BCUT2D eigenvalue weighted by Gasteiger charge is 2.61. The van der Waals surface area contributed by atoms with Gasteiger partial charge < -0.3 is 18.9 Å². The molecule has 0 aromatic heterocycles. The lowest BCUT2D eigenvalue weighted by atomic mass is 9.97. The van der Waals surface area contributed by atoms with Crippen molar-refractivity contribution in [1.82, 2.24) is 0 Å². The highest BCUT2D eigenvalue weighted by molar-refractivity contribution is 7.55. The minimum Gasteiger partial charge on any atom is -0.434 e. The molecule has 9 nitrogen and oxygen atoms in total. The molecule has 0 N–H and O–H groups in total. The maximum absolute atomic E-state index is 14.6. The van der Waals surface area contributed by atoms with E-state index in [1.807, 2.05) is 0 Å². The third kappa shape index (κ3) is 8.40. The average molecular weight is 420 g/mol. The van der Waals surface area contributed by atoms with E-state index >= 15 is 0 Å². The molecular weight excluding hydrogens is 393 g/mol. The second kappa shape index (κ2) is 11.4. The molecule has 0 aromatic rings. The van der Waals surface area contributed by atoms with E-state index < -0.39 is 44.6 Å². The molecule has 0 aliphatic heterocycles. The highest BCUT2D eigenvalue weighted by atomic mass is 31.2. The second-order valence-electron chi connectivity index (χ2n) is 6.27. The summed E-state index contributed by atoms with van der Waals surface area (Å²) in [6.07, 6.45) is -1.32. The Kier molecular flexibility index (Phi) is 10.8. The zero-order valence-corrected chi connectivity index (χ0v) is 17.0.